The van der Waals surface area contributed by atoms with Crippen LogP contribution in [0, 0.1) is 0 Å². The minimum Gasteiger partial charge on any atom is -0.250 e. The van der Waals surface area contributed by atoms with E-state index in [0.29, 0.717) is 5.65 Å². The van der Waals surface area contributed by atoms with Crippen LogP contribution in [0.25, 0.3) is 11.2 Å². The molecule has 2 heterocycles. The minimum absolute atomic E-state index is 0.710. The van der Waals surface area contributed by atoms with E-state index >= 15 is 0 Å². The number of rotatable bonds is 13. The van der Waals surface area contributed by atoms with Gasteiger partial charge in [-0.3, -0.25) is 0 Å². The molecule has 2 aromatic rings. The van der Waals surface area contributed by atoms with Gasteiger partial charge in [-0.2, -0.15) is 0 Å². The van der Waals surface area contributed by atoms with Crippen molar-refractivity contribution in [3.63, 3.8) is 0 Å². The van der Waals surface area contributed by atoms with Crippen molar-refractivity contribution < 1.29 is 0 Å². The van der Waals surface area contributed by atoms with E-state index in [1.807, 2.05) is 0 Å². The van der Waals surface area contributed by atoms with Gasteiger partial charge in [0.1, 0.15) is 11.3 Å². The molecule has 0 N–H and O–H groups in total. The molecular formula is C20H32N4. The Morgan fingerprint density at radius 3 is 1.92 bits per heavy atom. The van der Waals surface area contributed by atoms with E-state index in [1.165, 1.54) is 77.0 Å². The maximum Gasteiger partial charge on any atom is 0.181 e. The summed E-state index contributed by atoms with van der Waals surface area (Å²) in [6.45, 7) is 2.28. The van der Waals surface area contributed by atoms with Crippen LogP contribution < -0.4 is 0 Å². The molecular weight excluding hydrogens is 296 g/mol. The van der Waals surface area contributed by atoms with Gasteiger partial charge in [-0.15, -0.1) is 0 Å². The van der Waals surface area contributed by atoms with Gasteiger partial charge in [0.25, 0.3) is 0 Å². The molecule has 24 heavy (non-hydrogen) atoms. The normalized spacial score (nSPS) is 11.2. The largest absolute Gasteiger partial charge is 0.250 e. The van der Waals surface area contributed by atoms with Crippen molar-refractivity contribution >= 4 is 11.2 Å². The number of fused-ring (bicyclic) bond motifs is 1. The number of hydrogen-bond donors (Lipinski definition) is 0. The van der Waals surface area contributed by atoms with Crippen LogP contribution in [0.4, 0.5) is 0 Å². The maximum atomic E-state index is 4.48. The highest BCUT2D eigenvalue weighted by Crippen LogP contribution is 2.13. The quantitative estimate of drug-likeness (QED) is 0.445. The van der Waals surface area contributed by atoms with Gasteiger partial charge in [0.05, 0.1) is 6.20 Å². The molecule has 2 rings (SSSR count). The van der Waals surface area contributed by atoms with Crippen molar-refractivity contribution in [2.45, 2.75) is 90.4 Å². The molecule has 0 saturated heterocycles. The lowest BCUT2D eigenvalue weighted by molar-refractivity contribution is 0.542. The highest BCUT2D eigenvalue weighted by molar-refractivity contribution is 5.67. The first kappa shape index (κ1) is 18.8. The number of aromatic nitrogens is 4. The van der Waals surface area contributed by atoms with Crippen LogP contribution in [0.5, 0.6) is 0 Å². The van der Waals surface area contributed by atoms with Crippen LogP contribution in [0.3, 0.4) is 0 Å². The Kier molecular flexibility index (Phi) is 9.28. The van der Waals surface area contributed by atoms with E-state index in [0.717, 1.165) is 17.8 Å². The summed E-state index contributed by atoms with van der Waals surface area (Å²) in [6.07, 6.45) is 22.5. The van der Waals surface area contributed by atoms with Gasteiger partial charge in [0.15, 0.2) is 5.65 Å². The molecule has 0 unspecified atom stereocenters. The lowest BCUT2D eigenvalue weighted by Crippen LogP contribution is -1.97. The van der Waals surface area contributed by atoms with Crippen molar-refractivity contribution in [2.24, 2.45) is 0 Å². The zero-order valence-electron chi connectivity index (χ0n) is 15.2. The minimum atomic E-state index is 0.710. The zero-order chi connectivity index (χ0) is 16.9. The molecule has 4 heteroatoms. The van der Waals surface area contributed by atoms with E-state index in [2.05, 4.69) is 26.9 Å². The molecule has 0 bridgehead atoms. The van der Waals surface area contributed by atoms with Crippen LogP contribution in [0.15, 0.2) is 18.6 Å². The summed E-state index contributed by atoms with van der Waals surface area (Å²) >= 11 is 0. The number of hydrogen-bond acceptors (Lipinski definition) is 4. The van der Waals surface area contributed by atoms with E-state index in [4.69, 9.17) is 0 Å². The van der Waals surface area contributed by atoms with E-state index in [9.17, 15) is 0 Å². The molecule has 0 aromatic carbocycles. The van der Waals surface area contributed by atoms with Gasteiger partial charge >= 0.3 is 0 Å². The first-order chi connectivity index (χ1) is 11.9. The Morgan fingerprint density at radius 2 is 1.25 bits per heavy atom. The van der Waals surface area contributed by atoms with Gasteiger partial charge < -0.3 is 0 Å². The summed E-state index contributed by atoms with van der Waals surface area (Å²) in [6, 6.07) is 0. The predicted molar refractivity (Wildman–Crippen MR) is 99.9 cm³/mol. The molecule has 0 aliphatic carbocycles. The van der Waals surface area contributed by atoms with E-state index < -0.39 is 0 Å². The summed E-state index contributed by atoms with van der Waals surface area (Å²) in [7, 11) is 0. The fraction of sp³-hybridized carbons (Fsp3) is 0.700. The molecule has 0 spiro atoms. The molecule has 0 saturated carbocycles. The summed E-state index contributed by atoms with van der Waals surface area (Å²) < 4.78 is 0. The van der Waals surface area contributed by atoms with Crippen LogP contribution in [0.1, 0.15) is 89.8 Å². The molecule has 132 valence electrons. The Labute approximate surface area is 146 Å². The van der Waals surface area contributed by atoms with Gasteiger partial charge in [0.2, 0.25) is 0 Å². The fourth-order valence-electron chi connectivity index (χ4n) is 3.05. The standard InChI is InChI=1S/C20H32N4/c1-2-3-4-5-6-7-8-9-10-11-12-13-14-19-23-17-18-20(24-19)22-16-15-21-18/h15-17H,2-14H2,1H3. The monoisotopic (exact) mass is 328 g/mol. The molecule has 4 nitrogen and oxygen atoms in total. The smallest absolute Gasteiger partial charge is 0.181 e. The van der Waals surface area contributed by atoms with Crippen LogP contribution >= 0.6 is 0 Å². The summed E-state index contributed by atoms with van der Waals surface area (Å²) in [5.74, 6) is 0.898. The molecule has 0 radical (unpaired) electrons. The molecule has 0 atom stereocenters. The van der Waals surface area contributed by atoms with Crippen LogP contribution in [0.2, 0.25) is 0 Å². The summed E-state index contributed by atoms with van der Waals surface area (Å²) in [4.78, 5) is 17.3. The van der Waals surface area contributed by atoms with Gasteiger partial charge in [-0.25, -0.2) is 19.9 Å². The zero-order valence-corrected chi connectivity index (χ0v) is 15.2. The Hall–Kier alpha value is -1.58. The van der Waals surface area contributed by atoms with Crippen molar-refractivity contribution in [3.8, 4) is 0 Å². The van der Waals surface area contributed by atoms with Gasteiger partial charge in [0, 0.05) is 18.8 Å². The summed E-state index contributed by atoms with van der Waals surface area (Å²) in [5, 5.41) is 0. The second-order valence-electron chi connectivity index (χ2n) is 6.69. The Morgan fingerprint density at radius 1 is 0.667 bits per heavy atom. The Balaban J connectivity index is 1.46. The fourth-order valence-corrected chi connectivity index (χ4v) is 3.05. The lowest BCUT2D eigenvalue weighted by Gasteiger charge is -2.03. The highest BCUT2D eigenvalue weighted by atomic mass is 15.0. The van der Waals surface area contributed by atoms with E-state index in [1.54, 1.807) is 18.6 Å². The number of unbranched alkanes of at least 4 members (excludes halogenated alkanes) is 11. The van der Waals surface area contributed by atoms with Crippen molar-refractivity contribution in [1.82, 2.24) is 19.9 Å². The third kappa shape index (κ3) is 7.33. The number of nitrogens with zero attached hydrogens (tertiary/aromatic N) is 4. The lowest BCUT2D eigenvalue weighted by atomic mass is 10.0. The maximum absolute atomic E-state index is 4.48. The van der Waals surface area contributed by atoms with Crippen LogP contribution in [-0.4, -0.2) is 19.9 Å². The summed E-state index contributed by atoms with van der Waals surface area (Å²) in [5.41, 5.74) is 1.48. The molecule has 0 aliphatic rings. The first-order valence-electron chi connectivity index (χ1n) is 9.83. The second kappa shape index (κ2) is 11.9. The molecule has 0 fully saturated rings. The average Bonchev–Trinajstić information content (AvgIpc) is 2.62. The average molecular weight is 329 g/mol. The van der Waals surface area contributed by atoms with Gasteiger partial charge in [-0.05, 0) is 6.42 Å². The SMILES string of the molecule is CCCCCCCCCCCCCCc1ncc2nccnc2n1. The molecule has 2 aromatic heterocycles. The van der Waals surface area contributed by atoms with Crippen molar-refractivity contribution in [3.05, 3.63) is 24.4 Å². The third-order valence-electron chi connectivity index (χ3n) is 4.53. The van der Waals surface area contributed by atoms with Crippen molar-refractivity contribution in [1.29, 1.82) is 0 Å². The second-order valence-corrected chi connectivity index (χ2v) is 6.69. The first-order valence-corrected chi connectivity index (χ1v) is 9.83. The van der Waals surface area contributed by atoms with E-state index in [-0.39, 0.29) is 0 Å². The topological polar surface area (TPSA) is 51.6 Å². The van der Waals surface area contributed by atoms with Gasteiger partial charge in [-0.1, -0.05) is 77.6 Å². The molecule has 0 aliphatic heterocycles. The number of aryl methyl sites for hydroxylation is 1. The third-order valence-corrected chi connectivity index (χ3v) is 4.53. The van der Waals surface area contributed by atoms with Crippen LogP contribution in [-0.2, 0) is 6.42 Å². The Bertz CT molecular complexity index is 570. The highest BCUT2D eigenvalue weighted by Gasteiger charge is 2.01. The molecule has 0 amide bonds. The van der Waals surface area contributed by atoms with Crippen molar-refractivity contribution in [2.75, 3.05) is 0 Å². The predicted octanol–water partition coefficient (Wildman–Crippen LogP) is 5.66.